The van der Waals surface area contributed by atoms with Gasteiger partial charge < -0.3 is 20.5 Å². The van der Waals surface area contributed by atoms with E-state index in [9.17, 15) is 9.59 Å². The Kier molecular flexibility index (Phi) is 5.50. The molecule has 0 fully saturated rings. The number of hydrogen-bond donors (Lipinski definition) is 3. The Labute approximate surface area is 105 Å². The Balaban J connectivity index is 2.26. The number of urea groups is 1. The second-order valence-corrected chi connectivity index (χ2v) is 3.60. The Morgan fingerprint density at radius 2 is 1.89 bits per heavy atom. The highest BCUT2D eigenvalue weighted by Gasteiger charge is 2.02. The Bertz CT molecular complexity index is 403. The standard InChI is InChI=1S/C12H16N2O4/c1-18-10-4-2-9(3-5-10)8-14-12(17)13-7-6-11(15)16/h2-5H,6-8H2,1H3,(H,15,16)(H2,13,14,17). The number of carboxylic acid groups (broad SMARTS) is 1. The van der Waals surface area contributed by atoms with Crippen molar-refractivity contribution in [3.63, 3.8) is 0 Å². The third-order valence-corrected chi connectivity index (χ3v) is 2.24. The minimum Gasteiger partial charge on any atom is -0.497 e. The van der Waals surface area contributed by atoms with E-state index in [0.29, 0.717) is 6.54 Å². The number of carbonyl (C=O) groups excluding carboxylic acids is 1. The second-order valence-electron chi connectivity index (χ2n) is 3.60. The number of amides is 2. The number of aliphatic carboxylic acids is 1. The van der Waals surface area contributed by atoms with E-state index in [0.717, 1.165) is 11.3 Å². The van der Waals surface area contributed by atoms with Gasteiger partial charge in [-0.1, -0.05) is 12.1 Å². The molecule has 0 bridgehead atoms. The maximum absolute atomic E-state index is 11.3. The van der Waals surface area contributed by atoms with Crippen molar-refractivity contribution in [2.75, 3.05) is 13.7 Å². The zero-order valence-electron chi connectivity index (χ0n) is 10.1. The van der Waals surface area contributed by atoms with E-state index in [2.05, 4.69) is 10.6 Å². The van der Waals surface area contributed by atoms with Crippen molar-refractivity contribution in [3.8, 4) is 5.75 Å². The molecule has 6 heteroatoms. The molecule has 0 spiro atoms. The summed E-state index contributed by atoms with van der Waals surface area (Å²) in [5.41, 5.74) is 0.934. The lowest BCUT2D eigenvalue weighted by Gasteiger charge is -2.07. The average molecular weight is 252 g/mol. The maximum atomic E-state index is 11.3. The molecule has 0 aliphatic carbocycles. The van der Waals surface area contributed by atoms with Crippen LogP contribution in [0.25, 0.3) is 0 Å². The number of ether oxygens (including phenoxy) is 1. The van der Waals surface area contributed by atoms with Gasteiger partial charge in [-0.15, -0.1) is 0 Å². The van der Waals surface area contributed by atoms with Crippen LogP contribution in [0.15, 0.2) is 24.3 Å². The predicted octanol–water partition coefficient (Wildman–Crippen LogP) is 0.969. The van der Waals surface area contributed by atoms with Crippen LogP contribution in [-0.4, -0.2) is 30.8 Å². The third kappa shape index (κ3) is 5.20. The first-order chi connectivity index (χ1) is 8.61. The highest BCUT2D eigenvalue weighted by Crippen LogP contribution is 2.10. The Hall–Kier alpha value is -2.24. The summed E-state index contributed by atoms with van der Waals surface area (Å²) in [5, 5.41) is 13.5. The molecule has 0 aliphatic heterocycles. The zero-order chi connectivity index (χ0) is 13.4. The maximum Gasteiger partial charge on any atom is 0.315 e. The van der Waals surface area contributed by atoms with E-state index in [4.69, 9.17) is 9.84 Å². The fraction of sp³-hybridized carbons (Fsp3) is 0.333. The zero-order valence-corrected chi connectivity index (χ0v) is 10.1. The van der Waals surface area contributed by atoms with Crippen LogP contribution in [0.5, 0.6) is 5.75 Å². The molecule has 2 amide bonds. The van der Waals surface area contributed by atoms with Crippen LogP contribution >= 0.6 is 0 Å². The van der Waals surface area contributed by atoms with Gasteiger partial charge in [0, 0.05) is 13.1 Å². The first-order valence-corrected chi connectivity index (χ1v) is 5.48. The van der Waals surface area contributed by atoms with Gasteiger partial charge in [0.25, 0.3) is 0 Å². The molecule has 0 aromatic heterocycles. The number of carbonyl (C=O) groups is 2. The molecule has 18 heavy (non-hydrogen) atoms. The van der Waals surface area contributed by atoms with E-state index in [-0.39, 0.29) is 19.0 Å². The van der Waals surface area contributed by atoms with E-state index < -0.39 is 5.97 Å². The van der Waals surface area contributed by atoms with Gasteiger partial charge in [0.1, 0.15) is 5.75 Å². The highest BCUT2D eigenvalue weighted by molar-refractivity contribution is 5.74. The largest absolute Gasteiger partial charge is 0.497 e. The first-order valence-electron chi connectivity index (χ1n) is 5.48. The van der Waals surface area contributed by atoms with Gasteiger partial charge in [0.2, 0.25) is 0 Å². The smallest absolute Gasteiger partial charge is 0.315 e. The number of rotatable bonds is 6. The molecule has 0 atom stereocenters. The molecule has 98 valence electrons. The molecule has 3 N–H and O–H groups in total. The normalized spacial score (nSPS) is 9.61. The lowest BCUT2D eigenvalue weighted by atomic mass is 10.2. The molecule has 0 unspecified atom stereocenters. The topological polar surface area (TPSA) is 87.7 Å². The number of benzene rings is 1. The van der Waals surface area contributed by atoms with Crippen LogP contribution in [0.3, 0.4) is 0 Å². The van der Waals surface area contributed by atoms with Crippen LogP contribution in [0, 0.1) is 0 Å². The molecule has 1 aromatic carbocycles. The number of methoxy groups -OCH3 is 1. The van der Waals surface area contributed by atoms with Crippen LogP contribution in [0.2, 0.25) is 0 Å². The molecule has 0 saturated carbocycles. The summed E-state index contributed by atoms with van der Waals surface area (Å²) in [6.07, 6.45) is -0.0873. The monoisotopic (exact) mass is 252 g/mol. The number of carboxylic acids is 1. The van der Waals surface area contributed by atoms with Crippen molar-refractivity contribution >= 4 is 12.0 Å². The van der Waals surface area contributed by atoms with Gasteiger partial charge in [0.05, 0.1) is 13.5 Å². The van der Waals surface area contributed by atoms with Crippen LogP contribution in [-0.2, 0) is 11.3 Å². The van der Waals surface area contributed by atoms with E-state index >= 15 is 0 Å². The molecule has 1 aromatic rings. The lowest BCUT2D eigenvalue weighted by Crippen LogP contribution is -2.36. The van der Waals surface area contributed by atoms with Crippen LogP contribution in [0.1, 0.15) is 12.0 Å². The van der Waals surface area contributed by atoms with Gasteiger partial charge in [-0.25, -0.2) is 4.79 Å². The minimum atomic E-state index is -0.939. The SMILES string of the molecule is COc1ccc(CNC(=O)NCCC(=O)O)cc1. The lowest BCUT2D eigenvalue weighted by molar-refractivity contribution is -0.136. The summed E-state index contributed by atoms with van der Waals surface area (Å²) in [4.78, 5) is 21.5. The van der Waals surface area contributed by atoms with E-state index in [1.165, 1.54) is 0 Å². The summed E-state index contributed by atoms with van der Waals surface area (Å²) < 4.78 is 5.02. The molecule has 0 aliphatic rings. The summed E-state index contributed by atoms with van der Waals surface area (Å²) in [6, 6.07) is 6.91. The fourth-order valence-electron chi connectivity index (χ4n) is 1.27. The van der Waals surface area contributed by atoms with Gasteiger partial charge in [-0.3, -0.25) is 4.79 Å². The Morgan fingerprint density at radius 1 is 1.22 bits per heavy atom. The fourth-order valence-corrected chi connectivity index (χ4v) is 1.27. The Morgan fingerprint density at radius 3 is 2.44 bits per heavy atom. The minimum absolute atomic E-state index is 0.0873. The molecule has 0 saturated heterocycles. The number of nitrogens with one attached hydrogen (secondary N) is 2. The van der Waals surface area contributed by atoms with E-state index in [1.807, 2.05) is 12.1 Å². The van der Waals surface area contributed by atoms with Crippen molar-refractivity contribution in [2.45, 2.75) is 13.0 Å². The molecule has 6 nitrogen and oxygen atoms in total. The van der Waals surface area contributed by atoms with Crippen molar-refractivity contribution < 1.29 is 19.4 Å². The molecule has 1 rings (SSSR count). The van der Waals surface area contributed by atoms with Crippen molar-refractivity contribution in [1.82, 2.24) is 10.6 Å². The van der Waals surface area contributed by atoms with Crippen LogP contribution < -0.4 is 15.4 Å². The third-order valence-electron chi connectivity index (χ3n) is 2.24. The van der Waals surface area contributed by atoms with Crippen LogP contribution in [0.4, 0.5) is 4.79 Å². The van der Waals surface area contributed by atoms with Crippen molar-refractivity contribution in [1.29, 1.82) is 0 Å². The summed E-state index contributed by atoms with van der Waals surface area (Å²) in [5.74, 6) is -0.185. The molecular weight excluding hydrogens is 236 g/mol. The molecule has 0 heterocycles. The summed E-state index contributed by atoms with van der Waals surface area (Å²) in [6.45, 7) is 0.493. The first kappa shape index (κ1) is 13.8. The van der Waals surface area contributed by atoms with E-state index in [1.54, 1.807) is 19.2 Å². The number of hydrogen-bond acceptors (Lipinski definition) is 3. The highest BCUT2D eigenvalue weighted by atomic mass is 16.5. The van der Waals surface area contributed by atoms with Gasteiger partial charge >= 0.3 is 12.0 Å². The summed E-state index contributed by atoms with van der Waals surface area (Å²) in [7, 11) is 1.59. The summed E-state index contributed by atoms with van der Waals surface area (Å²) >= 11 is 0. The average Bonchev–Trinajstić information content (AvgIpc) is 2.36. The quantitative estimate of drug-likeness (QED) is 0.704. The predicted molar refractivity (Wildman–Crippen MR) is 65.5 cm³/mol. The van der Waals surface area contributed by atoms with Gasteiger partial charge in [0.15, 0.2) is 0 Å². The molecule has 0 radical (unpaired) electrons. The van der Waals surface area contributed by atoms with Gasteiger partial charge in [-0.05, 0) is 17.7 Å². The van der Waals surface area contributed by atoms with Crippen molar-refractivity contribution in [2.24, 2.45) is 0 Å². The molecular formula is C12H16N2O4. The van der Waals surface area contributed by atoms with Crippen molar-refractivity contribution in [3.05, 3.63) is 29.8 Å². The van der Waals surface area contributed by atoms with Gasteiger partial charge in [-0.2, -0.15) is 0 Å². The second kappa shape index (κ2) is 7.16.